The largest absolute Gasteiger partial charge is 0.325 e. The lowest BCUT2D eigenvalue weighted by Crippen LogP contribution is -2.27. The average Bonchev–Trinajstić information content (AvgIpc) is 2.60. The highest BCUT2D eigenvalue weighted by Crippen LogP contribution is 2.25. The molecule has 17 heavy (non-hydrogen) atoms. The van der Waals surface area contributed by atoms with Crippen LogP contribution in [0.25, 0.3) is 0 Å². The summed E-state index contributed by atoms with van der Waals surface area (Å²) < 4.78 is 26.0. The van der Waals surface area contributed by atoms with Crippen LogP contribution >= 0.6 is 0 Å². The van der Waals surface area contributed by atoms with Crippen molar-refractivity contribution in [3.63, 3.8) is 0 Å². The number of likely N-dealkylation sites (N-methyl/N-ethyl adjacent to an activating group) is 1. The van der Waals surface area contributed by atoms with E-state index in [1.165, 1.54) is 11.0 Å². The first-order chi connectivity index (χ1) is 8.04. The molecular formula is C12H14F2N2O. The minimum absolute atomic E-state index is 0.0257. The molecule has 1 heterocycles. The highest BCUT2D eigenvalue weighted by Gasteiger charge is 2.36. The molecule has 0 bridgehead atoms. The average molecular weight is 240 g/mol. The van der Waals surface area contributed by atoms with E-state index in [0.29, 0.717) is 12.0 Å². The summed E-state index contributed by atoms with van der Waals surface area (Å²) in [5.74, 6) is -1.81. The molecule has 2 rings (SSSR count). The normalized spacial score (nSPS) is 24.5. The summed E-state index contributed by atoms with van der Waals surface area (Å²) in [6.45, 7) is 1.90. The Morgan fingerprint density at radius 1 is 1.35 bits per heavy atom. The van der Waals surface area contributed by atoms with Crippen molar-refractivity contribution in [3.8, 4) is 0 Å². The minimum Gasteiger partial charge on any atom is -0.325 e. The van der Waals surface area contributed by atoms with Crippen LogP contribution in [0.15, 0.2) is 18.2 Å². The fraction of sp³-hybridized carbons (Fsp3) is 0.417. The molecule has 1 aromatic rings. The Kier molecular flexibility index (Phi) is 3.11. The van der Waals surface area contributed by atoms with E-state index < -0.39 is 11.6 Å². The highest BCUT2D eigenvalue weighted by atomic mass is 19.2. The number of halogens is 2. The lowest BCUT2D eigenvalue weighted by atomic mass is 10.1. The maximum Gasteiger partial charge on any atom is 0.241 e. The SMILES string of the molecule is CCC1NC(c2ccc(F)c(F)c2)N(C)C1=O. The number of hydrogen-bond acceptors (Lipinski definition) is 2. The molecule has 2 atom stereocenters. The fourth-order valence-electron chi connectivity index (χ4n) is 2.04. The van der Waals surface area contributed by atoms with Crippen LogP contribution in [0.5, 0.6) is 0 Å². The van der Waals surface area contributed by atoms with E-state index >= 15 is 0 Å². The summed E-state index contributed by atoms with van der Waals surface area (Å²) in [4.78, 5) is 13.3. The number of amides is 1. The van der Waals surface area contributed by atoms with E-state index in [1.807, 2.05) is 6.92 Å². The second-order valence-corrected chi connectivity index (χ2v) is 4.15. The van der Waals surface area contributed by atoms with E-state index in [4.69, 9.17) is 0 Å². The zero-order valence-corrected chi connectivity index (χ0v) is 9.71. The first-order valence-electron chi connectivity index (χ1n) is 5.52. The van der Waals surface area contributed by atoms with Crippen LogP contribution in [0.1, 0.15) is 25.1 Å². The van der Waals surface area contributed by atoms with Crippen molar-refractivity contribution in [3.05, 3.63) is 35.4 Å². The zero-order chi connectivity index (χ0) is 12.6. The maximum absolute atomic E-state index is 13.1. The van der Waals surface area contributed by atoms with Crippen LogP contribution in [0.4, 0.5) is 8.78 Å². The van der Waals surface area contributed by atoms with Gasteiger partial charge in [0, 0.05) is 7.05 Å². The predicted molar refractivity (Wildman–Crippen MR) is 59.1 cm³/mol. The molecule has 1 N–H and O–H groups in total. The number of nitrogens with zero attached hydrogens (tertiary/aromatic N) is 1. The van der Waals surface area contributed by atoms with Crippen molar-refractivity contribution in [1.29, 1.82) is 0 Å². The lowest BCUT2D eigenvalue weighted by molar-refractivity contribution is -0.128. The molecule has 1 saturated heterocycles. The van der Waals surface area contributed by atoms with E-state index in [-0.39, 0.29) is 18.1 Å². The Balaban J connectivity index is 2.29. The number of nitrogens with one attached hydrogen (secondary N) is 1. The van der Waals surface area contributed by atoms with Crippen LogP contribution in [0.2, 0.25) is 0 Å². The number of benzene rings is 1. The molecule has 1 amide bonds. The fourth-order valence-corrected chi connectivity index (χ4v) is 2.04. The first kappa shape index (κ1) is 12.0. The molecule has 0 aliphatic carbocycles. The van der Waals surface area contributed by atoms with Crippen molar-refractivity contribution in [1.82, 2.24) is 10.2 Å². The third-order valence-electron chi connectivity index (χ3n) is 3.06. The summed E-state index contributed by atoms with van der Waals surface area (Å²) in [5.41, 5.74) is 0.552. The molecule has 3 nitrogen and oxygen atoms in total. The van der Waals surface area contributed by atoms with Gasteiger partial charge in [-0.2, -0.15) is 0 Å². The van der Waals surface area contributed by atoms with Gasteiger partial charge in [0.05, 0.1) is 6.04 Å². The van der Waals surface area contributed by atoms with E-state index in [1.54, 1.807) is 7.05 Å². The smallest absolute Gasteiger partial charge is 0.241 e. The van der Waals surface area contributed by atoms with Gasteiger partial charge in [-0.25, -0.2) is 8.78 Å². The van der Waals surface area contributed by atoms with Crippen LogP contribution in [-0.4, -0.2) is 23.9 Å². The number of hydrogen-bond donors (Lipinski definition) is 1. The van der Waals surface area contributed by atoms with Gasteiger partial charge in [-0.05, 0) is 24.1 Å². The lowest BCUT2D eigenvalue weighted by Gasteiger charge is -2.19. The predicted octanol–water partition coefficient (Wildman–Crippen LogP) is 1.80. The summed E-state index contributed by atoms with van der Waals surface area (Å²) in [6, 6.07) is 3.43. The number of carbonyl (C=O) groups is 1. The molecular weight excluding hydrogens is 226 g/mol. The second kappa shape index (κ2) is 4.41. The number of carbonyl (C=O) groups excluding carboxylic acids is 1. The molecule has 5 heteroatoms. The van der Waals surface area contributed by atoms with Gasteiger partial charge in [0.25, 0.3) is 0 Å². The van der Waals surface area contributed by atoms with Gasteiger partial charge < -0.3 is 4.90 Å². The van der Waals surface area contributed by atoms with E-state index in [0.717, 1.165) is 12.1 Å². The Morgan fingerprint density at radius 2 is 2.06 bits per heavy atom. The minimum atomic E-state index is -0.898. The standard InChI is InChI=1S/C12H14F2N2O/c1-3-10-12(17)16(2)11(15-10)7-4-5-8(13)9(14)6-7/h4-6,10-11,15H,3H2,1-2H3. The maximum atomic E-state index is 13.1. The Morgan fingerprint density at radius 3 is 2.59 bits per heavy atom. The quantitative estimate of drug-likeness (QED) is 0.855. The Hall–Kier alpha value is -1.49. The van der Waals surface area contributed by atoms with Gasteiger partial charge in [-0.15, -0.1) is 0 Å². The molecule has 2 unspecified atom stereocenters. The number of rotatable bonds is 2. The van der Waals surface area contributed by atoms with Crippen molar-refractivity contribution < 1.29 is 13.6 Å². The third kappa shape index (κ3) is 2.02. The van der Waals surface area contributed by atoms with Crippen LogP contribution in [-0.2, 0) is 4.79 Å². The molecule has 0 saturated carbocycles. The highest BCUT2D eigenvalue weighted by molar-refractivity contribution is 5.84. The summed E-state index contributed by atoms with van der Waals surface area (Å²) in [5, 5.41) is 3.09. The summed E-state index contributed by atoms with van der Waals surface area (Å²) >= 11 is 0. The molecule has 0 spiro atoms. The molecule has 1 fully saturated rings. The summed E-state index contributed by atoms with van der Waals surface area (Å²) in [6.07, 6.45) is 0.283. The monoisotopic (exact) mass is 240 g/mol. The van der Waals surface area contributed by atoms with E-state index in [2.05, 4.69) is 5.32 Å². The molecule has 1 aliphatic heterocycles. The Bertz CT molecular complexity index is 450. The van der Waals surface area contributed by atoms with Gasteiger partial charge >= 0.3 is 0 Å². The first-order valence-corrected chi connectivity index (χ1v) is 5.52. The van der Waals surface area contributed by atoms with Crippen LogP contribution in [0.3, 0.4) is 0 Å². The molecule has 0 aromatic heterocycles. The zero-order valence-electron chi connectivity index (χ0n) is 9.71. The van der Waals surface area contributed by atoms with E-state index in [9.17, 15) is 13.6 Å². The summed E-state index contributed by atoms with van der Waals surface area (Å²) in [7, 11) is 1.65. The van der Waals surface area contributed by atoms with Gasteiger partial charge in [0.2, 0.25) is 5.91 Å². The van der Waals surface area contributed by atoms with Gasteiger partial charge in [0.15, 0.2) is 11.6 Å². The molecule has 1 aliphatic rings. The van der Waals surface area contributed by atoms with Gasteiger partial charge in [0.1, 0.15) is 6.17 Å². The van der Waals surface area contributed by atoms with Crippen molar-refractivity contribution in [2.24, 2.45) is 0 Å². The van der Waals surface area contributed by atoms with Crippen molar-refractivity contribution in [2.45, 2.75) is 25.6 Å². The van der Waals surface area contributed by atoms with Crippen LogP contribution in [0, 0.1) is 11.6 Å². The van der Waals surface area contributed by atoms with Gasteiger partial charge in [-0.1, -0.05) is 13.0 Å². The third-order valence-corrected chi connectivity index (χ3v) is 3.06. The molecule has 92 valence electrons. The van der Waals surface area contributed by atoms with Crippen molar-refractivity contribution in [2.75, 3.05) is 7.05 Å². The van der Waals surface area contributed by atoms with Crippen molar-refractivity contribution >= 4 is 5.91 Å². The Labute approximate surface area is 98.4 Å². The molecule has 0 radical (unpaired) electrons. The molecule has 1 aromatic carbocycles. The second-order valence-electron chi connectivity index (χ2n) is 4.15. The van der Waals surface area contributed by atoms with Crippen LogP contribution < -0.4 is 5.32 Å². The van der Waals surface area contributed by atoms with Gasteiger partial charge in [-0.3, -0.25) is 10.1 Å². The topological polar surface area (TPSA) is 32.3 Å².